The molecule has 2 aliphatic carbocycles. The molecule has 2 aliphatic rings. The lowest BCUT2D eigenvalue weighted by Gasteiger charge is -2.28. The van der Waals surface area contributed by atoms with Gasteiger partial charge in [-0.15, -0.1) is 0 Å². The molecule has 5 atom stereocenters. The molecule has 0 amide bonds. The Labute approximate surface area is 89.5 Å². The van der Waals surface area contributed by atoms with Gasteiger partial charge in [-0.2, -0.15) is 0 Å². The van der Waals surface area contributed by atoms with Gasteiger partial charge in [0.25, 0.3) is 0 Å². The predicted octanol–water partition coefficient (Wildman–Crippen LogP) is 4.35. The Balaban J connectivity index is 1.93. The van der Waals surface area contributed by atoms with E-state index in [2.05, 4.69) is 34.6 Å². The fraction of sp³-hybridized carbons (Fsp3) is 1.00. The Morgan fingerprint density at radius 1 is 1.14 bits per heavy atom. The van der Waals surface area contributed by atoms with E-state index in [1.165, 1.54) is 19.3 Å². The third-order valence-corrected chi connectivity index (χ3v) is 5.73. The summed E-state index contributed by atoms with van der Waals surface area (Å²) in [6, 6.07) is 0. The summed E-state index contributed by atoms with van der Waals surface area (Å²) in [5, 5.41) is 0. The minimum absolute atomic E-state index is 0.730. The van der Waals surface area contributed by atoms with Crippen LogP contribution < -0.4 is 0 Å². The average molecular weight is 194 g/mol. The standard InChI is InChI=1S/C14H26/c1-6-7-8-9(2)14(5)12-10(3)11(4)13(12)14/h9-13H,6-8H2,1-5H3. The third kappa shape index (κ3) is 1.12. The Kier molecular flexibility index (Phi) is 2.44. The molecule has 0 spiro atoms. The van der Waals surface area contributed by atoms with Crippen molar-refractivity contribution in [2.45, 2.75) is 53.9 Å². The van der Waals surface area contributed by atoms with Crippen molar-refractivity contribution in [2.24, 2.45) is 35.0 Å². The lowest BCUT2D eigenvalue weighted by Crippen LogP contribution is -2.23. The van der Waals surface area contributed by atoms with Crippen molar-refractivity contribution in [3.63, 3.8) is 0 Å². The topological polar surface area (TPSA) is 0 Å². The van der Waals surface area contributed by atoms with Crippen molar-refractivity contribution >= 4 is 0 Å². The molecule has 5 unspecified atom stereocenters. The zero-order chi connectivity index (χ0) is 10.5. The molecule has 0 nitrogen and oxygen atoms in total. The van der Waals surface area contributed by atoms with Crippen LogP contribution in [0.15, 0.2) is 0 Å². The van der Waals surface area contributed by atoms with Crippen molar-refractivity contribution in [3.8, 4) is 0 Å². The van der Waals surface area contributed by atoms with Gasteiger partial charge in [0.05, 0.1) is 0 Å². The van der Waals surface area contributed by atoms with E-state index in [4.69, 9.17) is 0 Å². The van der Waals surface area contributed by atoms with Crippen LogP contribution in [0, 0.1) is 35.0 Å². The van der Waals surface area contributed by atoms with E-state index >= 15 is 0 Å². The Morgan fingerprint density at radius 2 is 1.64 bits per heavy atom. The van der Waals surface area contributed by atoms with E-state index < -0.39 is 0 Å². The van der Waals surface area contributed by atoms with Crippen LogP contribution in [0.4, 0.5) is 0 Å². The molecule has 82 valence electrons. The van der Waals surface area contributed by atoms with Gasteiger partial charge in [-0.25, -0.2) is 0 Å². The average Bonchev–Trinajstić information content (AvgIpc) is 2.78. The maximum Gasteiger partial charge on any atom is -0.0232 e. The molecule has 0 heteroatoms. The number of fused-ring (bicyclic) bond motifs is 1. The van der Waals surface area contributed by atoms with Gasteiger partial charge in [-0.1, -0.05) is 53.9 Å². The van der Waals surface area contributed by atoms with Gasteiger partial charge >= 0.3 is 0 Å². The zero-order valence-corrected chi connectivity index (χ0v) is 10.5. The number of hydrogen-bond donors (Lipinski definition) is 0. The lowest BCUT2D eigenvalue weighted by molar-refractivity contribution is 0.195. The summed E-state index contributed by atoms with van der Waals surface area (Å²) in [4.78, 5) is 0. The largest absolute Gasteiger partial charge is 0.0654 e. The van der Waals surface area contributed by atoms with E-state index in [-0.39, 0.29) is 0 Å². The number of unbranched alkanes of at least 4 members (excludes halogenated alkanes) is 1. The quantitative estimate of drug-likeness (QED) is 0.624. The molecule has 0 heterocycles. The summed E-state index contributed by atoms with van der Waals surface area (Å²) < 4.78 is 0. The van der Waals surface area contributed by atoms with Crippen molar-refractivity contribution in [2.75, 3.05) is 0 Å². The minimum atomic E-state index is 0.730. The van der Waals surface area contributed by atoms with Gasteiger partial charge in [0, 0.05) is 0 Å². The van der Waals surface area contributed by atoms with Crippen molar-refractivity contribution in [1.82, 2.24) is 0 Å². The first-order valence-electron chi connectivity index (χ1n) is 6.55. The highest BCUT2D eigenvalue weighted by atomic mass is 14.8. The second kappa shape index (κ2) is 3.25. The van der Waals surface area contributed by atoms with Crippen molar-refractivity contribution in [1.29, 1.82) is 0 Å². The van der Waals surface area contributed by atoms with Gasteiger partial charge < -0.3 is 0 Å². The van der Waals surface area contributed by atoms with Crippen LogP contribution in [-0.4, -0.2) is 0 Å². The van der Waals surface area contributed by atoms with Gasteiger partial charge in [-0.3, -0.25) is 0 Å². The molecule has 0 saturated heterocycles. The summed E-state index contributed by atoms with van der Waals surface area (Å²) in [5.41, 5.74) is 0.730. The maximum atomic E-state index is 2.56. The summed E-state index contributed by atoms with van der Waals surface area (Å²) in [5.74, 6) is 5.15. The molecule has 14 heavy (non-hydrogen) atoms. The van der Waals surface area contributed by atoms with Crippen LogP contribution in [0.5, 0.6) is 0 Å². The van der Waals surface area contributed by atoms with Gasteiger partial charge in [0.15, 0.2) is 0 Å². The van der Waals surface area contributed by atoms with E-state index in [1.54, 1.807) is 0 Å². The second-order valence-electron chi connectivity index (χ2n) is 6.18. The van der Waals surface area contributed by atoms with Crippen LogP contribution in [-0.2, 0) is 0 Å². The zero-order valence-electron chi connectivity index (χ0n) is 10.5. The summed E-state index contributed by atoms with van der Waals surface area (Å²) in [7, 11) is 0. The molecular weight excluding hydrogens is 168 g/mol. The highest BCUT2D eigenvalue weighted by Gasteiger charge is 2.74. The van der Waals surface area contributed by atoms with Crippen molar-refractivity contribution in [3.05, 3.63) is 0 Å². The molecule has 0 N–H and O–H groups in total. The first-order chi connectivity index (χ1) is 6.55. The fourth-order valence-electron chi connectivity index (χ4n) is 4.38. The van der Waals surface area contributed by atoms with Crippen LogP contribution in [0.25, 0.3) is 0 Å². The first kappa shape index (κ1) is 10.5. The minimum Gasteiger partial charge on any atom is -0.0654 e. The number of hydrogen-bond acceptors (Lipinski definition) is 0. The molecule has 0 aromatic carbocycles. The maximum absolute atomic E-state index is 2.56. The summed E-state index contributed by atoms with van der Waals surface area (Å²) in [6.45, 7) is 12.3. The normalized spacial score (nSPS) is 52.1. The Hall–Kier alpha value is 0. The molecule has 0 aliphatic heterocycles. The van der Waals surface area contributed by atoms with Crippen molar-refractivity contribution < 1.29 is 0 Å². The molecular formula is C14H26. The van der Waals surface area contributed by atoms with Gasteiger partial charge in [-0.05, 0) is 35.0 Å². The predicted molar refractivity (Wildman–Crippen MR) is 62.1 cm³/mol. The Bertz CT molecular complexity index is 204. The fourth-order valence-corrected chi connectivity index (χ4v) is 4.38. The lowest BCUT2D eigenvalue weighted by atomic mass is 9.77. The molecule has 0 aromatic rings. The summed E-state index contributed by atoms with van der Waals surface area (Å²) in [6.07, 6.45) is 4.25. The monoisotopic (exact) mass is 194 g/mol. The second-order valence-corrected chi connectivity index (χ2v) is 6.18. The van der Waals surface area contributed by atoms with Crippen LogP contribution in [0.1, 0.15) is 53.9 Å². The highest BCUT2D eigenvalue weighted by molar-refractivity contribution is 5.21. The SMILES string of the molecule is CCCCC(C)C1(C)C2C(C)C(C)C21. The first-order valence-corrected chi connectivity index (χ1v) is 6.55. The van der Waals surface area contributed by atoms with Crippen LogP contribution in [0.2, 0.25) is 0 Å². The Morgan fingerprint density at radius 3 is 2.07 bits per heavy atom. The molecule has 2 fully saturated rings. The highest BCUT2D eigenvalue weighted by Crippen LogP contribution is 2.78. The van der Waals surface area contributed by atoms with Crippen LogP contribution in [0.3, 0.4) is 0 Å². The van der Waals surface area contributed by atoms with Gasteiger partial charge in [0.2, 0.25) is 0 Å². The molecule has 0 aromatic heterocycles. The van der Waals surface area contributed by atoms with Crippen LogP contribution >= 0.6 is 0 Å². The number of rotatable bonds is 4. The van der Waals surface area contributed by atoms with E-state index in [0.717, 1.165) is 35.0 Å². The van der Waals surface area contributed by atoms with E-state index in [9.17, 15) is 0 Å². The third-order valence-electron chi connectivity index (χ3n) is 5.73. The van der Waals surface area contributed by atoms with Gasteiger partial charge in [0.1, 0.15) is 0 Å². The molecule has 0 radical (unpaired) electrons. The smallest absolute Gasteiger partial charge is 0.0232 e. The molecule has 0 bridgehead atoms. The summed E-state index contributed by atoms with van der Waals surface area (Å²) >= 11 is 0. The molecule has 2 saturated carbocycles. The molecule has 2 rings (SSSR count). The van der Waals surface area contributed by atoms with E-state index in [0.29, 0.717) is 0 Å². The van der Waals surface area contributed by atoms with E-state index in [1.807, 2.05) is 0 Å².